The summed E-state index contributed by atoms with van der Waals surface area (Å²) in [6, 6.07) is 7.74. The Labute approximate surface area is 147 Å². The number of pyridine rings is 1. The van der Waals surface area contributed by atoms with Crippen LogP contribution in [0.1, 0.15) is 11.1 Å². The van der Waals surface area contributed by atoms with Gasteiger partial charge in [-0.25, -0.2) is 0 Å². The third-order valence-corrected chi connectivity index (χ3v) is 3.30. The molecular weight excluding hydrogens is 335 g/mol. The SMILES string of the molecule is C=CCOc1c(Cl)cc(CNCc2cccnc2)cc1OC.[Cl-]. The second kappa shape index (κ2) is 10.1. The van der Waals surface area contributed by atoms with Gasteiger partial charge in [-0.1, -0.05) is 30.3 Å². The maximum atomic E-state index is 6.27. The fourth-order valence-corrected chi connectivity index (χ4v) is 2.30. The first-order valence-corrected chi connectivity index (χ1v) is 7.32. The average molecular weight is 354 g/mol. The zero-order valence-electron chi connectivity index (χ0n) is 12.9. The van der Waals surface area contributed by atoms with Gasteiger partial charge in [0, 0.05) is 25.5 Å². The minimum Gasteiger partial charge on any atom is -1.00 e. The summed E-state index contributed by atoms with van der Waals surface area (Å²) >= 11 is 6.27. The normalized spacial score (nSPS) is 9.83. The molecule has 0 bridgehead atoms. The van der Waals surface area contributed by atoms with Crippen LogP contribution in [0.4, 0.5) is 0 Å². The maximum Gasteiger partial charge on any atom is 0.180 e. The molecule has 2 aromatic rings. The molecule has 0 aliphatic rings. The molecular formula is C17H19Cl2N2O2-. The van der Waals surface area contributed by atoms with Gasteiger partial charge in [-0.2, -0.15) is 0 Å². The number of hydrogen-bond donors (Lipinski definition) is 1. The number of halogens is 2. The molecule has 4 nitrogen and oxygen atoms in total. The summed E-state index contributed by atoms with van der Waals surface area (Å²) in [6.07, 6.45) is 5.27. The minimum absolute atomic E-state index is 0. The van der Waals surface area contributed by atoms with Crippen LogP contribution in [0.3, 0.4) is 0 Å². The number of rotatable bonds is 8. The molecule has 0 saturated heterocycles. The Hall–Kier alpha value is -1.75. The number of nitrogens with zero attached hydrogens (tertiary/aromatic N) is 1. The number of aromatic nitrogens is 1. The lowest BCUT2D eigenvalue weighted by atomic mass is 10.2. The third kappa shape index (κ3) is 5.75. The highest BCUT2D eigenvalue weighted by molar-refractivity contribution is 6.32. The summed E-state index contributed by atoms with van der Waals surface area (Å²) in [5, 5.41) is 3.88. The molecule has 1 heterocycles. The van der Waals surface area contributed by atoms with E-state index in [1.54, 1.807) is 19.4 Å². The summed E-state index contributed by atoms with van der Waals surface area (Å²) in [4.78, 5) is 4.09. The molecule has 23 heavy (non-hydrogen) atoms. The van der Waals surface area contributed by atoms with Crippen LogP contribution < -0.4 is 27.2 Å². The predicted octanol–water partition coefficient (Wildman–Crippen LogP) is 0.602. The summed E-state index contributed by atoms with van der Waals surface area (Å²) in [6.45, 7) is 5.42. The first kappa shape index (κ1) is 19.3. The molecule has 0 spiro atoms. The fraction of sp³-hybridized carbons (Fsp3) is 0.235. The first-order valence-electron chi connectivity index (χ1n) is 6.94. The van der Waals surface area contributed by atoms with Crippen molar-refractivity contribution in [2.24, 2.45) is 0 Å². The van der Waals surface area contributed by atoms with Crippen molar-refractivity contribution in [2.45, 2.75) is 13.1 Å². The Balaban J connectivity index is 0.00000264. The number of benzene rings is 1. The van der Waals surface area contributed by atoms with E-state index in [2.05, 4.69) is 16.9 Å². The monoisotopic (exact) mass is 353 g/mol. The van der Waals surface area contributed by atoms with Crippen molar-refractivity contribution in [3.05, 3.63) is 65.5 Å². The van der Waals surface area contributed by atoms with E-state index in [9.17, 15) is 0 Å². The molecule has 124 valence electrons. The smallest absolute Gasteiger partial charge is 0.180 e. The largest absolute Gasteiger partial charge is 1.00 e. The highest BCUT2D eigenvalue weighted by atomic mass is 35.5. The van der Waals surface area contributed by atoms with Crippen LogP contribution >= 0.6 is 11.6 Å². The molecule has 1 N–H and O–H groups in total. The summed E-state index contributed by atoms with van der Waals surface area (Å²) in [5.74, 6) is 1.16. The van der Waals surface area contributed by atoms with Gasteiger partial charge in [0.2, 0.25) is 0 Å². The number of methoxy groups -OCH3 is 1. The molecule has 0 radical (unpaired) electrons. The molecule has 0 fully saturated rings. The van der Waals surface area contributed by atoms with Crippen molar-refractivity contribution in [1.29, 1.82) is 0 Å². The van der Waals surface area contributed by atoms with Crippen molar-refractivity contribution in [2.75, 3.05) is 13.7 Å². The maximum absolute atomic E-state index is 6.27. The van der Waals surface area contributed by atoms with E-state index >= 15 is 0 Å². The van der Waals surface area contributed by atoms with Crippen LogP contribution in [0.2, 0.25) is 5.02 Å². The highest BCUT2D eigenvalue weighted by Crippen LogP contribution is 2.36. The number of nitrogens with one attached hydrogen (secondary N) is 1. The lowest BCUT2D eigenvalue weighted by Crippen LogP contribution is -3.00. The standard InChI is InChI=1S/C17H19ClN2O2.ClH/c1-3-7-22-17-15(18)8-14(9-16(17)21-2)12-20-11-13-5-4-6-19-10-13;/h3-6,8-10,20H,1,7,11-12H2,2H3;1H/p-1. The quantitative estimate of drug-likeness (QED) is 0.706. The van der Waals surface area contributed by atoms with Crippen LogP contribution in [0.15, 0.2) is 49.3 Å². The van der Waals surface area contributed by atoms with Crippen LogP contribution in [0, 0.1) is 0 Å². The zero-order chi connectivity index (χ0) is 15.8. The highest BCUT2D eigenvalue weighted by Gasteiger charge is 2.11. The summed E-state index contributed by atoms with van der Waals surface area (Å²) in [5.41, 5.74) is 2.16. The Kier molecular flexibility index (Phi) is 8.48. The second-order valence-electron chi connectivity index (χ2n) is 4.67. The van der Waals surface area contributed by atoms with Crippen LogP contribution in [-0.4, -0.2) is 18.7 Å². The Morgan fingerprint density at radius 1 is 1.30 bits per heavy atom. The van der Waals surface area contributed by atoms with Crippen LogP contribution in [0.25, 0.3) is 0 Å². The topological polar surface area (TPSA) is 43.4 Å². The summed E-state index contributed by atoms with van der Waals surface area (Å²) < 4.78 is 10.9. The van der Waals surface area contributed by atoms with E-state index < -0.39 is 0 Å². The van der Waals surface area contributed by atoms with E-state index in [1.165, 1.54) is 0 Å². The predicted molar refractivity (Wildman–Crippen MR) is 88.5 cm³/mol. The van der Waals surface area contributed by atoms with Gasteiger partial charge < -0.3 is 27.2 Å². The average Bonchev–Trinajstić information content (AvgIpc) is 2.54. The molecule has 2 rings (SSSR count). The lowest BCUT2D eigenvalue weighted by Gasteiger charge is -2.13. The fourth-order valence-electron chi connectivity index (χ4n) is 2.01. The van der Waals surface area contributed by atoms with Crippen molar-refractivity contribution >= 4 is 11.6 Å². The lowest BCUT2D eigenvalue weighted by molar-refractivity contribution is -0.00000507. The van der Waals surface area contributed by atoms with Gasteiger partial charge in [-0.3, -0.25) is 4.98 Å². The molecule has 0 saturated carbocycles. The number of hydrogen-bond acceptors (Lipinski definition) is 4. The van der Waals surface area contributed by atoms with Crippen molar-refractivity contribution < 1.29 is 21.9 Å². The molecule has 1 aromatic heterocycles. The molecule has 6 heteroatoms. The minimum atomic E-state index is 0. The van der Waals surface area contributed by atoms with Gasteiger partial charge in [0.15, 0.2) is 11.5 Å². The molecule has 0 unspecified atom stereocenters. The van der Waals surface area contributed by atoms with Gasteiger partial charge in [-0.05, 0) is 29.3 Å². The first-order chi connectivity index (χ1) is 10.7. The van der Waals surface area contributed by atoms with Crippen molar-refractivity contribution in [1.82, 2.24) is 10.3 Å². The summed E-state index contributed by atoms with van der Waals surface area (Å²) in [7, 11) is 1.60. The van der Waals surface area contributed by atoms with Crippen LogP contribution in [-0.2, 0) is 13.1 Å². The molecule has 0 aliphatic carbocycles. The van der Waals surface area contributed by atoms with Crippen molar-refractivity contribution in [3.63, 3.8) is 0 Å². The molecule has 0 aliphatic heterocycles. The van der Waals surface area contributed by atoms with Gasteiger partial charge in [0.1, 0.15) is 6.61 Å². The van der Waals surface area contributed by atoms with Gasteiger partial charge in [0.25, 0.3) is 0 Å². The van der Waals surface area contributed by atoms with Crippen LogP contribution in [0.5, 0.6) is 11.5 Å². The third-order valence-electron chi connectivity index (χ3n) is 3.02. The van der Waals surface area contributed by atoms with E-state index in [4.69, 9.17) is 21.1 Å². The molecule has 0 amide bonds. The van der Waals surface area contributed by atoms with Gasteiger partial charge >= 0.3 is 0 Å². The van der Waals surface area contributed by atoms with E-state index in [0.717, 1.165) is 17.7 Å². The Bertz CT molecular complexity index is 621. The van der Waals surface area contributed by atoms with E-state index in [0.29, 0.717) is 29.7 Å². The molecule has 0 atom stereocenters. The Morgan fingerprint density at radius 3 is 2.74 bits per heavy atom. The second-order valence-corrected chi connectivity index (χ2v) is 5.08. The van der Waals surface area contributed by atoms with Gasteiger partial charge in [0.05, 0.1) is 12.1 Å². The number of ether oxygens (including phenoxy) is 2. The van der Waals surface area contributed by atoms with E-state index in [1.807, 2.05) is 30.5 Å². The van der Waals surface area contributed by atoms with Gasteiger partial charge in [-0.15, -0.1) is 0 Å². The zero-order valence-corrected chi connectivity index (χ0v) is 14.4. The Morgan fingerprint density at radius 2 is 2.09 bits per heavy atom. The van der Waals surface area contributed by atoms with Crippen molar-refractivity contribution in [3.8, 4) is 11.5 Å². The molecule has 1 aromatic carbocycles. The van der Waals surface area contributed by atoms with E-state index in [-0.39, 0.29) is 12.4 Å².